The van der Waals surface area contributed by atoms with Gasteiger partial charge in [-0.2, -0.15) is 0 Å². The van der Waals surface area contributed by atoms with Crippen LogP contribution in [0.15, 0.2) is 109 Å². The van der Waals surface area contributed by atoms with Crippen LogP contribution in [0.5, 0.6) is 23.0 Å². The van der Waals surface area contributed by atoms with Crippen molar-refractivity contribution in [1.82, 2.24) is 0 Å². The monoisotopic (exact) mass is 892 g/mol. The van der Waals surface area contributed by atoms with E-state index in [1.165, 1.54) is 0 Å². The minimum Gasteiger partial charge on any atom is -0.507 e. The first-order valence-electron chi connectivity index (χ1n) is 23.7. The number of rotatable bonds is 10. The van der Waals surface area contributed by atoms with Gasteiger partial charge in [0.2, 0.25) is 0 Å². The molecule has 0 spiro atoms. The molecule has 2 aliphatic rings. The number of para-hydroxylation sites is 2. The Hall–Kier alpha value is -7.00. The fourth-order valence-electron chi connectivity index (χ4n) is 10.2. The Kier molecular flexibility index (Phi) is 12.9. The van der Waals surface area contributed by atoms with Crippen molar-refractivity contribution in [3.05, 3.63) is 141 Å². The van der Waals surface area contributed by atoms with E-state index in [0.29, 0.717) is 11.1 Å². The molecule has 2 fully saturated rings. The number of aliphatic imine (C=N–C) groups is 4. The van der Waals surface area contributed by atoms with Crippen molar-refractivity contribution in [2.45, 2.75) is 117 Å². The molecule has 0 bridgehead atoms. The van der Waals surface area contributed by atoms with Crippen LogP contribution in [-0.2, 0) is 0 Å². The molecule has 0 saturated heterocycles. The van der Waals surface area contributed by atoms with Gasteiger partial charge in [0.1, 0.15) is 34.2 Å². The molecule has 4 N–H and O–H groups in total. The molecule has 0 aliphatic heterocycles. The second kappa shape index (κ2) is 19.1. The quantitative estimate of drug-likeness (QED) is 0.101. The number of benzene rings is 6. The van der Waals surface area contributed by atoms with E-state index in [1.54, 1.807) is 24.9 Å². The summed E-state index contributed by atoms with van der Waals surface area (Å²) >= 11 is 0. The van der Waals surface area contributed by atoms with E-state index in [9.17, 15) is 20.4 Å². The molecule has 4 atom stereocenters. The smallest absolute Gasteiger partial charge is 0.143 e. The number of phenolic OH excluding ortho intramolecular Hbond substituents is 4. The molecule has 1 heterocycles. The van der Waals surface area contributed by atoms with Gasteiger partial charge in [-0.05, 0) is 148 Å². The minimum atomic E-state index is -0.0534. The molecule has 6 aromatic carbocycles. The van der Waals surface area contributed by atoms with E-state index in [-0.39, 0.29) is 47.2 Å². The van der Waals surface area contributed by atoms with Gasteiger partial charge in [-0.25, -0.2) is 0 Å². The van der Waals surface area contributed by atoms with Crippen molar-refractivity contribution in [3.63, 3.8) is 0 Å². The minimum absolute atomic E-state index is 0.0316. The summed E-state index contributed by atoms with van der Waals surface area (Å²) in [6.45, 7) is 11.7. The number of phenols is 4. The summed E-state index contributed by atoms with van der Waals surface area (Å²) in [6, 6.07) is 28.0. The zero-order valence-electron chi connectivity index (χ0n) is 39.3. The maximum Gasteiger partial charge on any atom is 0.143 e. The van der Waals surface area contributed by atoms with Gasteiger partial charge >= 0.3 is 0 Å². The third-order valence-corrected chi connectivity index (χ3v) is 13.8. The van der Waals surface area contributed by atoms with E-state index in [4.69, 9.17) is 24.4 Å². The predicted octanol–water partition coefficient (Wildman–Crippen LogP) is 13.3. The van der Waals surface area contributed by atoms with Gasteiger partial charge < -0.3 is 24.8 Å². The van der Waals surface area contributed by atoms with E-state index in [1.807, 2.05) is 102 Å². The molecule has 1 aromatic heterocycles. The highest BCUT2D eigenvalue weighted by atomic mass is 16.3. The Morgan fingerprint density at radius 2 is 0.731 bits per heavy atom. The molecule has 0 radical (unpaired) electrons. The van der Waals surface area contributed by atoms with Crippen molar-refractivity contribution in [3.8, 4) is 45.3 Å². The van der Waals surface area contributed by atoms with Crippen LogP contribution in [0.4, 0.5) is 0 Å². The maximum atomic E-state index is 11.4. The van der Waals surface area contributed by atoms with E-state index >= 15 is 0 Å². The van der Waals surface area contributed by atoms with Crippen molar-refractivity contribution < 1.29 is 24.8 Å². The zero-order valence-corrected chi connectivity index (χ0v) is 39.3. The fraction of sp³-hybridized carbons (Fsp3) is 0.310. The van der Waals surface area contributed by atoms with Crippen LogP contribution < -0.4 is 0 Å². The summed E-state index contributed by atoms with van der Waals surface area (Å²) in [5, 5.41) is 46.0. The number of furan rings is 1. The standard InChI is InChI=1S/C58H60N4O5/c1-33-21-35(3)53(63)41(23-33)29-59-49-17-7-9-19-51(49)61-31-43-27-39(25-37(5)55(43)65)45-13-11-15-47-48-16-12-14-46(58(48)67-57(45)47)40-26-38(6)56(66)44(28-40)32-62-52-20-10-8-18-50(52)60-30-42-24-34(2)22-36(4)54(42)64/h11-16,21-32,49-52,63-66H,7-10,17-20H2,1-6H3/t49-,50+,51-,52+. The van der Waals surface area contributed by atoms with Crippen molar-refractivity contribution in [2.24, 2.45) is 20.0 Å². The highest BCUT2D eigenvalue weighted by molar-refractivity contribution is 6.13. The summed E-state index contributed by atoms with van der Waals surface area (Å²) in [6.07, 6.45) is 15.0. The maximum absolute atomic E-state index is 11.4. The van der Waals surface area contributed by atoms with Crippen LogP contribution in [0.25, 0.3) is 44.2 Å². The van der Waals surface area contributed by atoms with Crippen molar-refractivity contribution in [1.29, 1.82) is 0 Å². The lowest BCUT2D eigenvalue weighted by Gasteiger charge is -2.25. The summed E-state index contributed by atoms with van der Waals surface area (Å²) in [7, 11) is 0. The summed E-state index contributed by atoms with van der Waals surface area (Å²) in [5.74, 6) is 0.891. The second-order valence-corrected chi connectivity index (χ2v) is 18.9. The third-order valence-electron chi connectivity index (χ3n) is 13.8. The number of nitrogens with zero attached hydrogens (tertiary/aromatic N) is 4. The van der Waals surface area contributed by atoms with E-state index < -0.39 is 0 Å². The van der Waals surface area contributed by atoms with Gasteiger partial charge in [-0.1, -0.05) is 74.2 Å². The molecule has 9 heteroatoms. The zero-order chi connectivity index (χ0) is 46.9. The Morgan fingerprint density at radius 1 is 0.418 bits per heavy atom. The summed E-state index contributed by atoms with van der Waals surface area (Å²) in [5.41, 5.74) is 13.1. The Bertz CT molecular complexity index is 2930. The summed E-state index contributed by atoms with van der Waals surface area (Å²) < 4.78 is 6.90. The highest BCUT2D eigenvalue weighted by Gasteiger charge is 2.26. The van der Waals surface area contributed by atoms with Crippen molar-refractivity contribution >= 4 is 46.8 Å². The van der Waals surface area contributed by atoms with Gasteiger partial charge in [-0.3, -0.25) is 20.0 Å². The molecular formula is C58H60N4O5. The van der Waals surface area contributed by atoms with Crippen LogP contribution in [0, 0.1) is 41.5 Å². The average Bonchev–Trinajstić information content (AvgIpc) is 3.71. The van der Waals surface area contributed by atoms with Gasteiger partial charge in [0, 0.05) is 69.0 Å². The molecule has 7 aromatic rings. The Balaban J connectivity index is 1.01. The number of hydrogen-bond acceptors (Lipinski definition) is 9. The second-order valence-electron chi connectivity index (χ2n) is 18.9. The molecule has 0 amide bonds. The molecule has 9 nitrogen and oxygen atoms in total. The number of aromatic hydroxyl groups is 4. The molecule has 2 aliphatic carbocycles. The first-order chi connectivity index (χ1) is 32.3. The molecule has 0 unspecified atom stereocenters. The Labute approximate surface area is 393 Å². The highest BCUT2D eigenvalue weighted by Crippen LogP contribution is 2.42. The normalized spacial score (nSPS) is 19.3. The van der Waals surface area contributed by atoms with Crippen LogP contribution >= 0.6 is 0 Å². The topological polar surface area (TPSA) is 144 Å². The number of hydrogen-bond donors (Lipinski definition) is 4. The largest absolute Gasteiger partial charge is 0.507 e. The Morgan fingerprint density at radius 3 is 1.07 bits per heavy atom. The van der Waals surface area contributed by atoms with E-state index in [2.05, 4.69) is 24.3 Å². The van der Waals surface area contributed by atoms with Gasteiger partial charge in [0.25, 0.3) is 0 Å². The molecule has 342 valence electrons. The van der Waals surface area contributed by atoms with Crippen LogP contribution in [-0.4, -0.2) is 69.5 Å². The number of aryl methyl sites for hydroxylation is 6. The van der Waals surface area contributed by atoms with Gasteiger partial charge in [-0.15, -0.1) is 0 Å². The molecule has 9 rings (SSSR count). The van der Waals surface area contributed by atoms with E-state index in [0.717, 1.165) is 140 Å². The third kappa shape index (κ3) is 9.37. The fourth-order valence-corrected chi connectivity index (χ4v) is 10.2. The number of fused-ring (bicyclic) bond motifs is 3. The van der Waals surface area contributed by atoms with Crippen molar-refractivity contribution in [2.75, 3.05) is 0 Å². The SMILES string of the molecule is Cc1cc(C)c(O)c(C=N[C@H]2CCCC[C@@H]2N=Cc2cc(-c3cccc4c3oc3c(-c5cc(C)c(O)c(C=N[C@@H]6CCCC[C@H]6N=Cc6cc(C)cc(C)c6O)c5)cccc34)cc(C)c2O)c1. The first-order valence-corrected chi connectivity index (χ1v) is 23.7. The molecular weight excluding hydrogens is 833 g/mol. The summed E-state index contributed by atoms with van der Waals surface area (Å²) in [4.78, 5) is 20.0. The van der Waals surface area contributed by atoms with Crippen LogP contribution in [0.2, 0.25) is 0 Å². The average molecular weight is 893 g/mol. The predicted molar refractivity (Wildman–Crippen MR) is 275 cm³/mol. The van der Waals surface area contributed by atoms with Crippen LogP contribution in [0.1, 0.15) is 107 Å². The lowest BCUT2D eigenvalue weighted by molar-refractivity contribution is 0.390. The van der Waals surface area contributed by atoms with Gasteiger partial charge in [0.05, 0.1) is 24.2 Å². The molecule has 2 saturated carbocycles. The van der Waals surface area contributed by atoms with Crippen LogP contribution in [0.3, 0.4) is 0 Å². The molecule has 67 heavy (non-hydrogen) atoms. The lowest BCUT2D eigenvalue weighted by atomic mass is 9.91. The lowest BCUT2D eigenvalue weighted by Crippen LogP contribution is -2.27. The first kappa shape index (κ1) is 45.2. The van der Waals surface area contributed by atoms with Gasteiger partial charge in [0.15, 0.2) is 0 Å².